The van der Waals surface area contributed by atoms with Crippen LogP contribution in [0.4, 0.5) is 0 Å². The second-order valence-electron chi connectivity index (χ2n) is 0.447. The molecule has 0 aromatic heterocycles. The fraction of sp³-hybridized carbons (Fsp3) is 1.00. The van der Waals surface area contributed by atoms with Crippen molar-refractivity contribution >= 4 is 25.3 Å². The van der Waals surface area contributed by atoms with Gasteiger partial charge in [-0.25, -0.2) is 0 Å². The molecule has 0 atom stereocenters. The summed E-state index contributed by atoms with van der Waals surface area (Å²) in [6.45, 7) is 0. The number of thiol groups is 2. The van der Waals surface area contributed by atoms with Gasteiger partial charge in [0.25, 0.3) is 0 Å². The van der Waals surface area contributed by atoms with E-state index in [1.165, 1.54) is 0 Å². The molecule has 0 bridgehead atoms. The fourth-order valence-corrected chi connectivity index (χ4v) is 0. The van der Waals surface area contributed by atoms with Crippen molar-refractivity contribution in [1.82, 2.24) is 0 Å². The van der Waals surface area contributed by atoms with Crippen LogP contribution < -0.4 is 0 Å². The first-order valence-corrected chi connectivity index (χ1v) is 2.40. The Bertz CT molecular complexity index is 9.61. The molecule has 3 heteroatoms. The van der Waals surface area contributed by atoms with Crippen molar-refractivity contribution in [3.63, 3.8) is 0 Å². The predicted molar refractivity (Wildman–Crippen MR) is 27.7 cm³/mol. The third kappa shape index (κ3) is 11.0. The molecule has 0 N–H and O–H groups in total. The van der Waals surface area contributed by atoms with Gasteiger partial charge in [-0.3, -0.25) is 0 Å². The molecule has 0 aliphatic heterocycles. The molecule has 0 amide bonds. The summed E-state index contributed by atoms with van der Waals surface area (Å²) in [5.41, 5.74) is 0. The zero-order valence-corrected chi connectivity index (χ0v) is 5.47. The van der Waals surface area contributed by atoms with Crippen LogP contribution in [0.1, 0.15) is 0 Å². The first-order chi connectivity index (χ1) is 1.91. The fourth-order valence-electron chi connectivity index (χ4n) is 0. The van der Waals surface area contributed by atoms with Crippen LogP contribution in [0.3, 0.4) is 0 Å². The van der Waals surface area contributed by atoms with E-state index in [9.17, 15) is 0 Å². The second-order valence-corrected chi connectivity index (χ2v) is 1.34. The molecule has 0 spiro atoms. The number of hydrogen-bond donors (Lipinski definition) is 2. The summed E-state index contributed by atoms with van der Waals surface area (Å²) in [5, 5.41) is 0. The summed E-state index contributed by atoms with van der Waals surface area (Å²) in [6.07, 6.45) is 0. The molecule has 0 heterocycles. The third-order valence-corrected chi connectivity index (χ3v) is 0.900. The Morgan fingerprint density at radius 1 is 1.00 bits per heavy atom. The summed E-state index contributed by atoms with van der Waals surface area (Å²) < 4.78 is 0. The van der Waals surface area contributed by atoms with E-state index in [0.717, 1.165) is 11.5 Å². The van der Waals surface area contributed by atoms with Crippen molar-refractivity contribution in [2.24, 2.45) is 0 Å². The normalized spacial score (nSPS) is 6.00. The van der Waals surface area contributed by atoms with Crippen molar-refractivity contribution in [3.8, 4) is 0 Å². The molecule has 0 rings (SSSR count). The van der Waals surface area contributed by atoms with Gasteiger partial charge in [0.05, 0.1) is 0 Å². The third-order valence-electron chi connectivity index (χ3n) is 0.1000. The molecule has 35 valence electrons. The van der Waals surface area contributed by atoms with Crippen LogP contribution in [-0.4, -0.2) is 11.5 Å². The summed E-state index contributed by atoms with van der Waals surface area (Å²) in [5.74, 6) is 1.76. The molecule has 0 aliphatic carbocycles. The standard InChI is InChI=1S/C2H6S2.Co/c3-1-2-4;/h3-4H,1-2H2;. The van der Waals surface area contributed by atoms with Crippen molar-refractivity contribution in [1.29, 1.82) is 0 Å². The van der Waals surface area contributed by atoms with Crippen LogP contribution in [0.15, 0.2) is 0 Å². The van der Waals surface area contributed by atoms with Crippen LogP contribution >= 0.6 is 25.3 Å². The monoisotopic (exact) mass is 153 g/mol. The quantitative estimate of drug-likeness (QED) is 0.512. The Morgan fingerprint density at radius 2 is 1.20 bits per heavy atom. The zero-order valence-electron chi connectivity index (χ0n) is 2.64. The van der Waals surface area contributed by atoms with Crippen molar-refractivity contribution < 1.29 is 16.8 Å². The van der Waals surface area contributed by atoms with E-state index < -0.39 is 0 Å². The van der Waals surface area contributed by atoms with Gasteiger partial charge in [-0.15, -0.1) is 0 Å². The molecular weight excluding hydrogens is 147 g/mol. The van der Waals surface area contributed by atoms with E-state index in [2.05, 4.69) is 25.3 Å². The predicted octanol–water partition coefficient (Wildman–Crippen LogP) is 0.843. The molecule has 5 heavy (non-hydrogen) atoms. The molecule has 1 radical (unpaired) electrons. The molecule has 0 saturated carbocycles. The second kappa shape index (κ2) is 8.96. The summed E-state index contributed by atoms with van der Waals surface area (Å²) in [4.78, 5) is 0. The smallest absolute Gasteiger partial charge is 0 e. The van der Waals surface area contributed by atoms with Gasteiger partial charge in [-0.2, -0.15) is 25.3 Å². The first kappa shape index (κ1) is 9.51. The van der Waals surface area contributed by atoms with Gasteiger partial charge >= 0.3 is 0 Å². The van der Waals surface area contributed by atoms with E-state index in [0.29, 0.717) is 0 Å². The minimum atomic E-state index is 0. The Kier molecular flexibility index (Phi) is 17.0. The van der Waals surface area contributed by atoms with Gasteiger partial charge in [0, 0.05) is 16.8 Å². The molecular formula is C2H6CoS2. The van der Waals surface area contributed by atoms with Crippen LogP contribution in [0.25, 0.3) is 0 Å². The summed E-state index contributed by atoms with van der Waals surface area (Å²) in [7, 11) is 0. The molecule has 0 fully saturated rings. The SMILES string of the molecule is SCCS.[Co]. The van der Waals surface area contributed by atoms with Crippen LogP contribution in [0.5, 0.6) is 0 Å². The van der Waals surface area contributed by atoms with Crippen LogP contribution in [0.2, 0.25) is 0 Å². The Hall–Kier alpha value is 1.21. The largest absolute Gasteiger partial charge is 0.179 e. The van der Waals surface area contributed by atoms with E-state index >= 15 is 0 Å². The van der Waals surface area contributed by atoms with Crippen molar-refractivity contribution in [2.45, 2.75) is 0 Å². The topological polar surface area (TPSA) is 0 Å². The maximum absolute atomic E-state index is 3.84. The summed E-state index contributed by atoms with van der Waals surface area (Å²) >= 11 is 7.69. The van der Waals surface area contributed by atoms with Gasteiger partial charge in [0.2, 0.25) is 0 Å². The Morgan fingerprint density at radius 3 is 1.20 bits per heavy atom. The molecule has 0 nitrogen and oxygen atoms in total. The minimum Gasteiger partial charge on any atom is -0.179 e. The van der Waals surface area contributed by atoms with E-state index in [1.54, 1.807) is 0 Å². The van der Waals surface area contributed by atoms with E-state index in [4.69, 9.17) is 0 Å². The van der Waals surface area contributed by atoms with Crippen molar-refractivity contribution in [2.75, 3.05) is 11.5 Å². The van der Waals surface area contributed by atoms with E-state index in [-0.39, 0.29) is 16.8 Å². The van der Waals surface area contributed by atoms with E-state index in [1.807, 2.05) is 0 Å². The molecule has 0 aliphatic rings. The maximum atomic E-state index is 3.84. The van der Waals surface area contributed by atoms with Gasteiger partial charge in [-0.05, 0) is 11.5 Å². The van der Waals surface area contributed by atoms with Crippen LogP contribution in [-0.2, 0) is 16.8 Å². The van der Waals surface area contributed by atoms with Gasteiger partial charge in [0.15, 0.2) is 0 Å². The first-order valence-electron chi connectivity index (χ1n) is 1.13. The number of hydrogen-bond acceptors (Lipinski definition) is 2. The summed E-state index contributed by atoms with van der Waals surface area (Å²) in [6, 6.07) is 0. The Labute approximate surface area is 53.7 Å². The average Bonchev–Trinajstić information content (AvgIpc) is 1.37. The number of rotatable bonds is 1. The van der Waals surface area contributed by atoms with Gasteiger partial charge in [0.1, 0.15) is 0 Å². The average molecular weight is 153 g/mol. The van der Waals surface area contributed by atoms with Gasteiger partial charge < -0.3 is 0 Å². The van der Waals surface area contributed by atoms with Crippen LogP contribution in [0, 0.1) is 0 Å². The molecule has 0 saturated heterocycles. The van der Waals surface area contributed by atoms with Gasteiger partial charge in [-0.1, -0.05) is 0 Å². The molecule has 0 unspecified atom stereocenters. The zero-order chi connectivity index (χ0) is 3.41. The molecule has 0 aromatic carbocycles. The minimum absolute atomic E-state index is 0. The van der Waals surface area contributed by atoms with Crippen molar-refractivity contribution in [3.05, 3.63) is 0 Å². The Balaban J connectivity index is 0. The molecule has 0 aromatic rings. The maximum Gasteiger partial charge on any atom is 0 e.